The number of halogens is 1. The number of methoxy groups -OCH3 is 1. The Morgan fingerprint density at radius 1 is 1.23 bits per heavy atom. The summed E-state index contributed by atoms with van der Waals surface area (Å²) in [5.41, 5.74) is 2.02. The molecule has 0 saturated heterocycles. The molecule has 2 aromatic heterocycles. The first kappa shape index (κ1) is 20.4. The Bertz CT molecular complexity index is 1270. The van der Waals surface area contributed by atoms with Crippen molar-refractivity contribution in [1.82, 2.24) is 25.1 Å². The van der Waals surface area contributed by atoms with Crippen LogP contribution in [-0.2, 0) is 0 Å². The van der Waals surface area contributed by atoms with Crippen LogP contribution in [-0.4, -0.2) is 37.9 Å². The highest BCUT2D eigenvalue weighted by Gasteiger charge is 2.15. The zero-order chi connectivity index (χ0) is 21.3. The summed E-state index contributed by atoms with van der Waals surface area (Å²) in [7, 11) is 1.56. The lowest BCUT2D eigenvalue weighted by atomic mass is 10.2. The molecule has 0 fully saturated rings. The Labute approximate surface area is 189 Å². The monoisotopic (exact) mass is 502 g/mol. The number of nitrogens with one attached hydrogen (secondary N) is 2. The number of rotatable bonds is 4. The van der Waals surface area contributed by atoms with Crippen LogP contribution in [0.15, 0.2) is 46.9 Å². The van der Waals surface area contributed by atoms with Gasteiger partial charge in [0.2, 0.25) is 4.96 Å². The molecule has 0 radical (unpaired) electrons. The van der Waals surface area contributed by atoms with Gasteiger partial charge >= 0.3 is 0 Å². The first-order valence-corrected chi connectivity index (χ1v) is 10.7. The van der Waals surface area contributed by atoms with Crippen LogP contribution >= 0.6 is 39.5 Å². The lowest BCUT2D eigenvalue weighted by Crippen LogP contribution is -2.34. The zero-order valence-electron chi connectivity index (χ0n) is 15.8. The van der Waals surface area contributed by atoms with Crippen molar-refractivity contribution >= 4 is 61.2 Å². The molecule has 0 unspecified atom stereocenters. The van der Waals surface area contributed by atoms with Gasteiger partial charge in [-0.1, -0.05) is 23.5 Å². The highest BCUT2D eigenvalue weighted by molar-refractivity contribution is 9.10. The van der Waals surface area contributed by atoms with Crippen LogP contribution in [0, 0.1) is 6.92 Å². The lowest BCUT2D eigenvalue weighted by Gasteiger charge is -2.12. The third-order valence-electron chi connectivity index (χ3n) is 4.19. The van der Waals surface area contributed by atoms with Crippen molar-refractivity contribution in [3.63, 3.8) is 0 Å². The van der Waals surface area contributed by atoms with Crippen LogP contribution in [0.2, 0.25) is 0 Å². The second-order valence-corrected chi connectivity index (χ2v) is 8.37. The molecule has 1 amide bonds. The SMILES string of the molecule is COc1ccc(C(=O)NC(=S)Nc2ccccc2-c2nn3c(C)nnc3s2)cc1Br. The minimum atomic E-state index is -0.331. The summed E-state index contributed by atoms with van der Waals surface area (Å²) in [6.07, 6.45) is 0. The molecule has 152 valence electrons. The van der Waals surface area contributed by atoms with Crippen LogP contribution in [0.25, 0.3) is 15.5 Å². The molecule has 0 spiro atoms. The number of carbonyl (C=O) groups excluding carboxylic acids is 1. The van der Waals surface area contributed by atoms with Crippen molar-refractivity contribution in [3.05, 3.63) is 58.3 Å². The van der Waals surface area contributed by atoms with E-state index in [9.17, 15) is 4.79 Å². The molecule has 30 heavy (non-hydrogen) atoms. The maximum Gasteiger partial charge on any atom is 0.257 e. The second-order valence-electron chi connectivity index (χ2n) is 6.15. The van der Waals surface area contributed by atoms with Gasteiger partial charge in [-0.05, 0) is 65.4 Å². The summed E-state index contributed by atoms with van der Waals surface area (Å²) in [5, 5.41) is 19.4. The van der Waals surface area contributed by atoms with Crippen LogP contribution in [0.1, 0.15) is 16.2 Å². The van der Waals surface area contributed by atoms with E-state index in [2.05, 4.69) is 41.9 Å². The summed E-state index contributed by atoms with van der Waals surface area (Å²) < 4.78 is 7.56. The average molecular weight is 503 g/mol. The van der Waals surface area contributed by atoms with Crippen LogP contribution in [0.5, 0.6) is 5.75 Å². The molecular weight excluding hydrogens is 488 g/mol. The molecule has 2 heterocycles. The number of hydrogen-bond acceptors (Lipinski definition) is 7. The number of benzene rings is 2. The van der Waals surface area contributed by atoms with Gasteiger partial charge in [0.1, 0.15) is 10.8 Å². The molecule has 0 aliphatic rings. The molecular formula is C19H15BrN6O2S2. The summed E-state index contributed by atoms with van der Waals surface area (Å²) in [6, 6.07) is 12.6. The fourth-order valence-electron chi connectivity index (χ4n) is 2.74. The normalized spacial score (nSPS) is 10.8. The molecule has 0 bridgehead atoms. The molecule has 2 N–H and O–H groups in total. The van der Waals surface area contributed by atoms with Gasteiger partial charge in [-0.25, -0.2) is 0 Å². The van der Waals surface area contributed by atoms with E-state index in [-0.39, 0.29) is 11.0 Å². The van der Waals surface area contributed by atoms with Gasteiger partial charge in [0, 0.05) is 11.1 Å². The number of aromatic nitrogens is 4. The number of nitrogens with zero attached hydrogens (tertiary/aromatic N) is 4. The summed E-state index contributed by atoms with van der Waals surface area (Å²) in [4.78, 5) is 13.2. The Morgan fingerprint density at radius 3 is 2.77 bits per heavy atom. The number of thiocarbonyl (C=S) groups is 1. The number of anilines is 1. The van der Waals surface area contributed by atoms with Crippen molar-refractivity contribution < 1.29 is 9.53 Å². The third-order valence-corrected chi connectivity index (χ3v) is 5.95. The minimum absolute atomic E-state index is 0.179. The summed E-state index contributed by atoms with van der Waals surface area (Å²) >= 11 is 10.1. The predicted molar refractivity (Wildman–Crippen MR) is 123 cm³/mol. The summed E-state index contributed by atoms with van der Waals surface area (Å²) in [5.74, 6) is 1.02. The van der Waals surface area contributed by atoms with Crippen molar-refractivity contribution in [3.8, 4) is 16.3 Å². The summed E-state index contributed by atoms with van der Waals surface area (Å²) in [6.45, 7) is 1.84. The number of ether oxygens (including phenoxy) is 1. The topological polar surface area (TPSA) is 93.4 Å². The fourth-order valence-corrected chi connectivity index (χ4v) is 4.41. The number of amides is 1. The van der Waals surface area contributed by atoms with Gasteiger partial charge in [0.05, 0.1) is 17.3 Å². The van der Waals surface area contributed by atoms with Gasteiger partial charge in [-0.3, -0.25) is 10.1 Å². The highest BCUT2D eigenvalue weighted by Crippen LogP contribution is 2.31. The molecule has 11 heteroatoms. The number of para-hydroxylation sites is 1. The Kier molecular flexibility index (Phi) is 5.75. The molecule has 4 aromatic rings. The van der Waals surface area contributed by atoms with Crippen molar-refractivity contribution in [2.75, 3.05) is 12.4 Å². The first-order chi connectivity index (χ1) is 14.5. The fraction of sp³-hybridized carbons (Fsp3) is 0.105. The third kappa shape index (κ3) is 4.04. The zero-order valence-corrected chi connectivity index (χ0v) is 19.1. The molecule has 4 rings (SSSR count). The van der Waals surface area contributed by atoms with Crippen LogP contribution in [0.4, 0.5) is 5.69 Å². The highest BCUT2D eigenvalue weighted by atomic mass is 79.9. The second kappa shape index (κ2) is 8.46. The largest absolute Gasteiger partial charge is 0.496 e. The smallest absolute Gasteiger partial charge is 0.257 e. The van der Waals surface area contributed by atoms with Gasteiger partial charge in [-0.15, -0.1) is 10.2 Å². The number of fused-ring (bicyclic) bond motifs is 1. The Hall–Kier alpha value is -2.89. The predicted octanol–water partition coefficient (Wildman–Crippen LogP) is 4.06. The van der Waals surface area contributed by atoms with E-state index in [1.165, 1.54) is 11.3 Å². The van der Waals surface area contributed by atoms with Crippen LogP contribution < -0.4 is 15.4 Å². The molecule has 0 aliphatic heterocycles. The average Bonchev–Trinajstić information content (AvgIpc) is 3.30. The Morgan fingerprint density at radius 2 is 2.03 bits per heavy atom. The molecule has 0 saturated carbocycles. The number of aryl methyl sites for hydroxylation is 1. The van der Waals surface area contributed by atoms with Gasteiger partial charge in [0.25, 0.3) is 5.91 Å². The minimum Gasteiger partial charge on any atom is -0.496 e. The van der Waals surface area contributed by atoms with E-state index in [0.29, 0.717) is 26.6 Å². The van der Waals surface area contributed by atoms with E-state index >= 15 is 0 Å². The first-order valence-electron chi connectivity index (χ1n) is 8.70. The maximum atomic E-state index is 12.5. The van der Waals surface area contributed by atoms with E-state index in [0.717, 1.165) is 16.3 Å². The molecule has 0 atom stereocenters. The standard InChI is InChI=1S/C19H15BrN6O2S2/c1-10-23-24-19-26(10)25-17(30-19)12-5-3-4-6-14(12)21-18(29)22-16(27)11-7-8-15(28-2)13(20)9-11/h3-9H,1-2H3,(H2,21,22,27,29). The Balaban J connectivity index is 1.52. The quantitative estimate of drug-likeness (QED) is 0.406. The van der Waals surface area contributed by atoms with Crippen molar-refractivity contribution in [1.29, 1.82) is 0 Å². The lowest BCUT2D eigenvalue weighted by molar-refractivity contribution is 0.0977. The van der Waals surface area contributed by atoms with Crippen LogP contribution in [0.3, 0.4) is 0 Å². The van der Waals surface area contributed by atoms with Gasteiger partial charge in [0.15, 0.2) is 10.9 Å². The van der Waals surface area contributed by atoms with Gasteiger partial charge < -0.3 is 10.1 Å². The van der Waals surface area contributed by atoms with E-state index in [1.54, 1.807) is 29.8 Å². The van der Waals surface area contributed by atoms with E-state index in [4.69, 9.17) is 17.0 Å². The van der Waals surface area contributed by atoms with Gasteiger partial charge in [-0.2, -0.15) is 9.61 Å². The number of carbonyl (C=O) groups is 1. The molecule has 8 nitrogen and oxygen atoms in total. The molecule has 2 aromatic carbocycles. The number of hydrogen-bond donors (Lipinski definition) is 2. The van der Waals surface area contributed by atoms with E-state index < -0.39 is 0 Å². The van der Waals surface area contributed by atoms with E-state index in [1.807, 2.05) is 31.2 Å². The van der Waals surface area contributed by atoms with Crippen molar-refractivity contribution in [2.24, 2.45) is 0 Å². The molecule has 0 aliphatic carbocycles. The van der Waals surface area contributed by atoms with Crippen molar-refractivity contribution in [2.45, 2.75) is 6.92 Å². The maximum absolute atomic E-state index is 12.5.